The molecule has 0 unspecified atom stereocenters. The summed E-state index contributed by atoms with van der Waals surface area (Å²) in [6.45, 7) is 6.31. The zero-order chi connectivity index (χ0) is 23.7. The minimum atomic E-state index is -1.04. The van der Waals surface area contributed by atoms with Crippen LogP contribution in [-0.2, 0) is 28.0 Å². The van der Waals surface area contributed by atoms with Gasteiger partial charge in [-0.2, -0.15) is 5.10 Å². The van der Waals surface area contributed by atoms with Gasteiger partial charge in [-0.1, -0.05) is 24.3 Å². The second-order valence-electron chi connectivity index (χ2n) is 9.14. The Hall–Kier alpha value is -3.56. The molecule has 3 aromatic heterocycles. The summed E-state index contributed by atoms with van der Waals surface area (Å²) in [6, 6.07) is 11.5. The predicted octanol–water partition coefficient (Wildman–Crippen LogP) is 2.77. The number of rotatable bonds is 7. The van der Waals surface area contributed by atoms with E-state index in [0.29, 0.717) is 31.0 Å². The van der Waals surface area contributed by atoms with E-state index in [2.05, 4.69) is 25.1 Å². The fourth-order valence-corrected chi connectivity index (χ4v) is 4.11. The molecule has 0 spiro atoms. The number of hydrogen-bond acceptors (Lipinski definition) is 7. The number of aromatic nitrogens is 5. The molecule has 34 heavy (non-hydrogen) atoms. The number of carbonyl (C=O) groups excluding carboxylic acids is 1. The highest BCUT2D eigenvalue weighted by molar-refractivity contribution is 5.89. The van der Waals surface area contributed by atoms with Gasteiger partial charge in [0.25, 0.3) is 0 Å². The van der Waals surface area contributed by atoms with Crippen molar-refractivity contribution in [1.82, 2.24) is 25.1 Å². The number of Topliss-reactive ketones (excluding diaryl/α,β-unsaturated/α-hetero) is 1. The van der Waals surface area contributed by atoms with Crippen LogP contribution < -0.4 is 4.90 Å². The lowest BCUT2D eigenvalue weighted by molar-refractivity contribution is -0.117. The Balaban J connectivity index is 1.28. The number of benzene rings is 1. The molecule has 0 bridgehead atoms. The number of ether oxygens (including phenoxy) is 1. The number of carbonyl (C=O) groups is 1. The van der Waals surface area contributed by atoms with E-state index in [1.54, 1.807) is 26.1 Å². The minimum Gasteiger partial charge on any atom is -0.384 e. The standard InChI is InChI=1S/C25H28N6O3/c1-25(2,33)21-15-18(29-30-21)14-19(32)13-16-3-5-17(6-4-16)23-27-20-7-8-26-24(22(20)28-23)31-9-11-34-12-10-31/h3-8,15,33H,9-14H2,1-2H3,(H,27,28)(H,29,30). The summed E-state index contributed by atoms with van der Waals surface area (Å²) in [6.07, 6.45) is 2.36. The van der Waals surface area contributed by atoms with Crippen molar-refractivity contribution < 1.29 is 14.6 Å². The first kappa shape index (κ1) is 22.2. The van der Waals surface area contributed by atoms with E-state index in [0.717, 1.165) is 46.9 Å². The van der Waals surface area contributed by atoms with E-state index >= 15 is 0 Å². The first-order valence-electron chi connectivity index (χ1n) is 11.4. The number of imidazole rings is 1. The van der Waals surface area contributed by atoms with Crippen molar-refractivity contribution in [2.45, 2.75) is 32.3 Å². The highest BCUT2D eigenvalue weighted by Crippen LogP contribution is 2.27. The average Bonchev–Trinajstić information content (AvgIpc) is 3.47. The quantitative estimate of drug-likeness (QED) is 0.388. The normalized spacial score (nSPS) is 14.6. The predicted molar refractivity (Wildman–Crippen MR) is 129 cm³/mol. The lowest BCUT2D eigenvalue weighted by atomic mass is 10.0. The van der Waals surface area contributed by atoms with Gasteiger partial charge in [0.05, 0.1) is 24.4 Å². The van der Waals surface area contributed by atoms with Crippen molar-refractivity contribution in [2.24, 2.45) is 0 Å². The third-order valence-electron chi connectivity index (χ3n) is 5.97. The summed E-state index contributed by atoms with van der Waals surface area (Å²) in [5.41, 5.74) is 3.86. The Labute approximate surface area is 197 Å². The molecule has 9 heteroatoms. The molecule has 1 aromatic carbocycles. The van der Waals surface area contributed by atoms with E-state index in [9.17, 15) is 9.90 Å². The second kappa shape index (κ2) is 9.00. The van der Waals surface area contributed by atoms with Gasteiger partial charge in [-0.3, -0.25) is 9.89 Å². The Morgan fingerprint density at radius 2 is 1.91 bits per heavy atom. The number of anilines is 1. The van der Waals surface area contributed by atoms with E-state index < -0.39 is 5.60 Å². The van der Waals surface area contributed by atoms with Gasteiger partial charge >= 0.3 is 0 Å². The highest BCUT2D eigenvalue weighted by Gasteiger charge is 2.21. The number of H-pyrrole nitrogens is 2. The zero-order valence-electron chi connectivity index (χ0n) is 19.3. The van der Waals surface area contributed by atoms with Crippen molar-refractivity contribution in [3.63, 3.8) is 0 Å². The number of morpholine rings is 1. The van der Waals surface area contributed by atoms with Crippen LogP contribution in [0.4, 0.5) is 5.82 Å². The second-order valence-corrected chi connectivity index (χ2v) is 9.14. The van der Waals surface area contributed by atoms with E-state index in [-0.39, 0.29) is 12.2 Å². The van der Waals surface area contributed by atoms with Gasteiger partial charge in [0.1, 0.15) is 22.7 Å². The molecule has 0 radical (unpaired) electrons. The number of nitrogens with one attached hydrogen (secondary N) is 2. The lowest BCUT2D eigenvalue weighted by Gasteiger charge is -2.27. The van der Waals surface area contributed by atoms with Crippen LogP contribution in [-0.4, -0.2) is 62.3 Å². The fourth-order valence-electron chi connectivity index (χ4n) is 4.11. The molecule has 9 nitrogen and oxygen atoms in total. The van der Waals surface area contributed by atoms with Crippen LogP contribution in [0, 0.1) is 0 Å². The van der Waals surface area contributed by atoms with E-state index in [1.807, 2.05) is 30.3 Å². The average molecular weight is 461 g/mol. The number of fused-ring (bicyclic) bond motifs is 1. The monoisotopic (exact) mass is 460 g/mol. The summed E-state index contributed by atoms with van der Waals surface area (Å²) in [5.74, 6) is 1.72. The summed E-state index contributed by atoms with van der Waals surface area (Å²) < 4.78 is 5.46. The number of aliphatic hydroxyl groups is 1. The molecule has 1 aliphatic rings. The molecule has 1 fully saturated rings. The van der Waals surface area contributed by atoms with Crippen LogP contribution in [0.25, 0.3) is 22.4 Å². The number of pyridine rings is 1. The van der Waals surface area contributed by atoms with Crippen LogP contribution in [0.1, 0.15) is 30.8 Å². The summed E-state index contributed by atoms with van der Waals surface area (Å²) in [7, 11) is 0. The zero-order valence-corrected chi connectivity index (χ0v) is 19.3. The van der Waals surface area contributed by atoms with Crippen molar-refractivity contribution >= 4 is 22.6 Å². The third-order valence-corrected chi connectivity index (χ3v) is 5.97. The highest BCUT2D eigenvalue weighted by atomic mass is 16.5. The first-order chi connectivity index (χ1) is 16.4. The number of ketones is 1. The molecule has 0 saturated carbocycles. The fraction of sp³-hybridized carbons (Fsp3) is 0.360. The van der Waals surface area contributed by atoms with Gasteiger partial charge in [-0.05, 0) is 31.5 Å². The van der Waals surface area contributed by atoms with Gasteiger partial charge in [-0.25, -0.2) is 9.97 Å². The van der Waals surface area contributed by atoms with Crippen molar-refractivity contribution in [1.29, 1.82) is 0 Å². The maximum Gasteiger partial charge on any atom is 0.156 e. The van der Waals surface area contributed by atoms with Gasteiger partial charge in [0.2, 0.25) is 0 Å². The minimum absolute atomic E-state index is 0.0728. The van der Waals surface area contributed by atoms with Gasteiger partial charge in [-0.15, -0.1) is 0 Å². The molecular weight excluding hydrogens is 432 g/mol. The molecule has 0 amide bonds. The van der Waals surface area contributed by atoms with Gasteiger partial charge in [0, 0.05) is 43.4 Å². The summed E-state index contributed by atoms with van der Waals surface area (Å²) in [4.78, 5) is 27.5. The first-order valence-corrected chi connectivity index (χ1v) is 11.4. The molecule has 0 aliphatic carbocycles. The largest absolute Gasteiger partial charge is 0.384 e. The van der Waals surface area contributed by atoms with E-state index in [1.165, 1.54) is 0 Å². The smallest absolute Gasteiger partial charge is 0.156 e. The molecule has 4 aromatic rings. The lowest BCUT2D eigenvalue weighted by Crippen LogP contribution is -2.36. The summed E-state index contributed by atoms with van der Waals surface area (Å²) in [5, 5.41) is 17.0. The third kappa shape index (κ3) is 4.71. The molecule has 3 N–H and O–H groups in total. The maximum absolute atomic E-state index is 12.6. The van der Waals surface area contributed by atoms with Crippen LogP contribution in [0.3, 0.4) is 0 Å². The Bertz CT molecular complexity index is 1300. The molecule has 5 rings (SSSR count). The SMILES string of the molecule is CC(C)(O)c1cc(CC(=O)Cc2ccc(-c3nc4c(N5CCOCC5)nccc4[nH]3)cc2)[nH]n1. The van der Waals surface area contributed by atoms with Crippen molar-refractivity contribution in [2.75, 3.05) is 31.2 Å². The van der Waals surface area contributed by atoms with Crippen molar-refractivity contribution in [3.8, 4) is 11.4 Å². The van der Waals surface area contributed by atoms with Crippen LogP contribution >= 0.6 is 0 Å². The molecular formula is C25H28N6O3. The Morgan fingerprint density at radius 3 is 2.62 bits per heavy atom. The van der Waals surface area contributed by atoms with Gasteiger partial charge < -0.3 is 19.7 Å². The number of hydrogen-bond donors (Lipinski definition) is 3. The Kier molecular flexibility index (Phi) is 5.89. The van der Waals surface area contributed by atoms with Crippen molar-refractivity contribution in [3.05, 3.63) is 59.5 Å². The van der Waals surface area contributed by atoms with E-state index in [4.69, 9.17) is 9.72 Å². The Morgan fingerprint density at radius 1 is 1.15 bits per heavy atom. The molecule has 176 valence electrons. The molecule has 4 heterocycles. The maximum atomic E-state index is 12.6. The topological polar surface area (TPSA) is 120 Å². The summed E-state index contributed by atoms with van der Waals surface area (Å²) >= 11 is 0. The number of nitrogens with zero attached hydrogens (tertiary/aromatic N) is 4. The molecule has 0 atom stereocenters. The van der Waals surface area contributed by atoms with Crippen LogP contribution in [0.2, 0.25) is 0 Å². The van der Waals surface area contributed by atoms with Crippen LogP contribution in [0.15, 0.2) is 42.6 Å². The molecule has 1 aliphatic heterocycles. The number of aromatic amines is 2. The van der Waals surface area contributed by atoms with Gasteiger partial charge in [0.15, 0.2) is 5.82 Å². The van der Waals surface area contributed by atoms with Crippen LogP contribution in [0.5, 0.6) is 0 Å². The molecule has 1 saturated heterocycles.